The van der Waals surface area contributed by atoms with Crippen molar-refractivity contribution in [1.82, 2.24) is 4.90 Å². The summed E-state index contributed by atoms with van der Waals surface area (Å²) < 4.78 is 5.83. The number of hydrogen-bond acceptors (Lipinski definition) is 4. The number of para-hydroxylation sites is 2. The number of nitrogens with zero attached hydrogens (tertiary/aromatic N) is 2. The molecular weight excluding hydrogens is 322 g/mol. The first-order valence-corrected chi connectivity index (χ1v) is 9.92. The Morgan fingerprint density at radius 3 is 2.71 bits per heavy atom. The second-order valence-electron chi connectivity index (χ2n) is 6.56. The predicted molar refractivity (Wildman–Crippen MR) is 101 cm³/mol. The number of carbonyl (C=O) groups excluding carboxylic acids is 1. The van der Waals surface area contributed by atoms with E-state index >= 15 is 0 Å². The van der Waals surface area contributed by atoms with Crippen LogP contribution in [0.25, 0.3) is 0 Å². The van der Waals surface area contributed by atoms with E-state index in [-0.39, 0.29) is 18.2 Å². The lowest BCUT2D eigenvalue weighted by Gasteiger charge is -2.37. The largest absolute Gasteiger partial charge is 0.372 e. The summed E-state index contributed by atoms with van der Waals surface area (Å²) in [6.07, 6.45) is 1.46. The molecule has 132 valence electrons. The Kier molecular flexibility index (Phi) is 5.89. The van der Waals surface area contributed by atoms with E-state index in [2.05, 4.69) is 30.1 Å². The van der Waals surface area contributed by atoms with Crippen LogP contribution in [-0.2, 0) is 4.74 Å². The van der Waals surface area contributed by atoms with Gasteiger partial charge in [-0.25, -0.2) is 4.79 Å². The number of nitrogens with one attached hydrogen (secondary N) is 1. The van der Waals surface area contributed by atoms with E-state index in [9.17, 15) is 4.79 Å². The molecule has 2 atom stereocenters. The monoisotopic (exact) mass is 349 g/mol. The molecule has 0 aliphatic carbocycles. The van der Waals surface area contributed by atoms with Gasteiger partial charge in [0, 0.05) is 31.9 Å². The van der Waals surface area contributed by atoms with Crippen molar-refractivity contribution in [3.05, 3.63) is 24.3 Å². The standard InChI is InChI=1S/C18H27N3O2S/c1-14-12-21(13-15(2)23-14)17-7-4-3-6-16(17)19-18(22)20-8-5-10-24-11-9-20/h3-4,6-7,14-15H,5,8-13H2,1-2H3,(H,19,22)/t14-,15-/m0/s1. The zero-order valence-electron chi connectivity index (χ0n) is 14.5. The van der Waals surface area contributed by atoms with Gasteiger partial charge in [0.15, 0.2) is 0 Å². The van der Waals surface area contributed by atoms with Gasteiger partial charge in [-0.05, 0) is 38.2 Å². The fourth-order valence-corrected chi connectivity index (χ4v) is 4.26. The molecule has 2 aliphatic rings. The van der Waals surface area contributed by atoms with Crippen LogP contribution < -0.4 is 10.2 Å². The molecule has 0 aromatic heterocycles. The summed E-state index contributed by atoms with van der Waals surface area (Å²) in [6.45, 7) is 7.55. The number of benzene rings is 1. The Hall–Kier alpha value is -1.40. The number of thioether (sulfide) groups is 1. The fourth-order valence-electron chi connectivity index (χ4n) is 3.37. The lowest BCUT2D eigenvalue weighted by molar-refractivity contribution is -0.00517. The first-order valence-electron chi connectivity index (χ1n) is 8.76. The average molecular weight is 350 g/mol. The Bertz CT molecular complexity index is 551. The molecule has 3 rings (SSSR count). The minimum atomic E-state index is 0.0132. The van der Waals surface area contributed by atoms with E-state index in [0.29, 0.717) is 0 Å². The van der Waals surface area contributed by atoms with Gasteiger partial charge in [0.2, 0.25) is 0 Å². The summed E-state index contributed by atoms with van der Waals surface area (Å²) in [5.41, 5.74) is 1.97. The highest BCUT2D eigenvalue weighted by atomic mass is 32.2. The van der Waals surface area contributed by atoms with Crippen LogP contribution in [0.3, 0.4) is 0 Å². The van der Waals surface area contributed by atoms with Gasteiger partial charge in [-0.15, -0.1) is 0 Å². The molecule has 1 N–H and O–H groups in total. The van der Waals surface area contributed by atoms with Gasteiger partial charge in [0.25, 0.3) is 0 Å². The lowest BCUT2D eigenvalue weighted by atomic mass is 10.1. The van der Waals surface area contributed by atoms with Crippen molar-refractivity contribution in [2.24, 2.45) is 0 Å². The van der Waals surface area contributed by atoms with Gasteiger partial charge in [-0.2, -0.15) is 11.8 Å². The van der Waals surface area contributed by atoms with Crippen molar-refractivity contribution in [2.45, 2.75) is 32.5 Å². The van der Waals surface area contributed by atoms with E-state index < -0.39 is 0 Å². The second kappa shape index (κ2) is 8.12. The van der Waals surface area contributed by atoms with Crippen molar-refractivity contribution in [1.29, 1.82) is 0 Å². The number of amides is 2. The van der Waals surface area contributed by atoms with E-state index in [1.165, 1.54) is 0 Å². The van der Waals surface area contributed by atoms with E-state index in [1.54, 1.807) is 0 Å². The lowest BCUT2D eigenvalue weighted by Crippen LogP contribution is -2.46. The third-order valence-electron chi connectivity index (χ3n) is 4.42. The molecule has 5 nitrogen and oxygen atoms in total. The zero-order chi connectivity index (χ0) is 16.9. The quantitative estimate of drug-likeness (QED) is 0.890. The van der Waals surface area contributed by atoms with E-state index in [1.807, 2.05) is 34.9 Å². The maximum Gasteiger partial charge on any atom is 0.321 e. The molecule has 0 radical (unpaired) electrons. The fraction of sp³-hybridized carbons (Fsp3) is 0.611. The first-order chi connectivity index (χ1) is 11.6. The van der Waals surface area contributed by atoms with Gasteiger partial charge in [0.1, 0.15) is 0 Å². The zero-order valence-corrected chi connectivity index (χ0v) is 15.3. The first kappa shape index (κ1) is 17.4. The average Bonchev–Trinajstić information content (AvgIpc) is 2.84. The molecule has 1 aromatic rings. The Balaban J connectivity index is 1.72. The van der Waals surface area contributed by atoms with Crippen LogP contribution in [0, 0.1) is 0 Å². The number of rotatable bonds is 2. The third kappa shape index (κ3) is 4.36. The van der Waals surface area contributed by atoms with Crippen molar-refractivity contribution >= 4 is 29.2 Å². The van der Waals surface area contributed by atoms with Gasteiger partial charge < -0.3 is 19.9 Å². The summed E-state index contributed by atoms with van der Waals surface area (Å²) in [6, 6.07) is 8.09. The molecule has 6 heteroatoms. The summed E-state index contributed by atoms with van der Waals surface area (Å²) >= 11 is 1.93. The number of morpholine rings is 1. The van der Waals surface area contributed by atoms with Crippen LogP contribution in [0.1, 0.15) is 20.3 Å². The molecule has 24 heavy (non-hydrogen) atoms. The molecule has 0 unspecified atom stereocenters. The van der Waals surface area contributed by atoms with Crippen molar-refractivity contribution in [3.63, 3.8) is 0 Å². The van der Waals surface area contributed by atoms with Gasteiger partial charge in [0.05, 0.1) is 23.6 Å². The number of ether oxygens (including phenoxy) is 1. The van der Waals surface area contributed by atoms with Crippen LogP contribution in [-0.4, -0.2) is 60.8 Å². The number of hydrogen-bond donors (Lipinski definition) is 1. The van der Waals surface area contributed by atoms with Crippen LogP contribution in [0.2, 0.25) is 0 Å². The molecular formula is C18H27N3O2S. The van der Waals surface area contributed by atoms with Crippen molar-refractivity contribution < 1.29 is 9.53 Å². The van der Waals surface area contributed by atoms with Crippen LogP contribution in [0.15, 0.2) is 24.3 Å². The molecule has 2 amide bonds. The minimum Gasteiger partial charge on any atom is -0.372 e. The smallest absolute Gasteiger partial charge is 0.321 e. The molecule has 2 saturated heterocycles. The molecule has 2 fully saturated rings. The van der Waals surface area contributed by atoms with E-state index in [0.717, 1.165) is 55.5 Å². The Labute approximate surface area is 148 Å². The van der Waals surface area contributed by atoms with Crippen LogP contribution >= 0.6 is 11.8 Å². The molecule has 0 spiro atoms. The summed E-state index contributed by atoms with van der Waals surface area (Å²) in [5, 5.41) is 3.13. The highest BCUT2D eigenvalue weighted by Crippen LogP contribution is 2.29. The summed E-state index contributed by atoms with van der Waals surface area (Å²) in [4.78, 5) is 16.9. The molecule has 2 aliphatic heterocycles. The maximum absolute atomic E-state index is 12.6. The van der Waals surface area contributed by atoms with Gasteiger partial charge >= 0.3 is 6.03 Å². The molecule has 0 bridgehead atoms. The Morgan fingerprint density at radius 1 is 1.17 bits per heavy atom. The highest BCUT2D eigenvalue weighted by molar-refractivity contribution is 7.99. The third-order valence-corrected chi connectivity index (χ3v) is 5.46. The maximum atomic E-state index is 12.6. The van der Waals surface area contributed by atoms with Gasteiger partial charge in [-0.1, -0.05) is 12.1 Å². The van der Waals surface area contributed by atoms with Crippen molar-refractivity contribution in [3.8, 4) is 0 Å². The van der Waals surface area contributed by atoms with E-state index in [4.69, 9.17) is 4.74 Å². The van der Waals surface area contributed by atoms with Crippen molar-refractivity contribution in [2.75, 3.05) is 47.9 Å². The highest BCUT2D eigenvalue weighted by Gasteiger charge is 2.25. The topological polar surface area (TPSA) is 44.8 Å². The molecule has 2 heterocycles. The molecule has 1 aromatic carbocycles. The summed E-state index contributed by atoms with van der Waals surface area (Å²) in [7, 11) is 0. The normalized spacial score (nSPS) is 25.2. The summed E-state index contributed by atoms with van der Waals surface area (Å²) in [5.74, 6) is 2.16. The van der Waals surface area contributed by atoms with Gasteiger partial charge in [-0.3, -0.25) is 0 Å². The number of anilines is 2. The Morgan fingerprint density at radius 2 is 1.92 bits per heavy atom. The number of carbonyl (C=O) groups is 1. The molecule has 0 saturated carbocycles. The predicted octanol–water partition coefficient (Wildman–Crippen LogP) is 3.27. The minimum absolute atomic E-state index is 0.0132. The number of urea groups is 1. The SMILES string of the molecule is C[C@H]1CN(c2ccccc2NC(=O)N2CCCSCC2)C[C@H](C)O1. The second-order valence-corrected chi connectivity index (χ2v) is 7.79. The van der Waals surface area contributed by atoms with Crippen LogP contribution in [0.5, 0.6) is 0 Å². The van der Waals surface area contributed by atoms with Crippen LogP contribution in [0.4, 0.5) is 16.2 Å².